The van der Waals surface area contributed by atoms with Crippen LogP contribution >= 0.6 is 23.1 Å². The first-order chi connectivity index (χ1) is 13.2. The lowest BCUT2D eigenvalue weighted by atomic mass is 9.86. The van der Waals surface area contributed by atoms with Gasteiger partial charge in [-0.15, -0.1) is 20.4 Å². The van der Waals surface area contributed by atoms with Gasteiger partial charge in [0, 0.05) is 13.0 Å². The average molecular weight is 409 g/mol. The first kappa shape index (κ1) is 20.3. The van der Waals surface area contributed by atoms with Gasteiger partial charge in [-0.2, -0.15) is 0 Å². The number of hydrogen-bond acceptors (Lipinski definition) is 7. The molecule has 0 atom stereocenters. The third-order valence-corrected chi connectivity index (χ3v) is 6.91. The molecule has 7 nitrogen and oxygen atoms in total. The van der Waals surface area contributed by atoms with Crippen LogP contribution in [0.15, 0.2) is 5.16 Å². The van der Waals surface area contributed by atoms with Crippen molar-refractivity contribution in [2.24, 2.45) is 5.92 Å². The lowest BCUT2D eigenvalue weighted by Crippen LogP contribution is -2.14. The normalized spacial score (nSPS) is 15.2. The van der Waals surface area contributed by atoms with E-state index in [0.717, 1.165) is 41.3 Å². The molecule has 0 aliphatic heterocycles. The average Bonchev–Trinajstić information content (AvgIpc) is 3.31. The van der Waals surface area contributed by atoms with Crippen LogP contribution in [0.5, 0.6) is 0 Å². The van der Waals surface area contributed by atoms with Crippen LogP contribution in [0, 0.1) is 5.92 Å². The standard InChI is InChI=1S/C18H28N6OS2/c1-3-16-21-22-17(27-16)19-15(25)12-26-18-23-20-14(24(18)4-2)11-10-13-8-6-5-7-9-13/h13H,3-12H2,1-2H3,(H,19,22,25). The second kappa shape index (κ2) is 10.2. The van der Waals surface area contributed by atoms with Gasteiger partial charge in [0.2, 0.25) is 11.0 Å². The van der Waals surface area contributed by atoms with Crippen molar-refractivity contribution in [3.8, 4) is 0 Å². The quantitative estimate of drug-likeness (QED) is 0.632. The van der Waals surface area contributed by atoms with Gasteiger partial charge in [0.1, 0.15) is 10.8 Å². The highest BCUT2D eigenvalue weighted by molar-refractivity contribution is 7.99. The zero-order valence-corrected chi connectivity index (χ0v) is 17.7. The summed E-state index contributed by atoms with van der Waals surface area (Å²) in [6.07, 6.45) is 9.84. The maximum Gasteiger partial charge on any atom is 0.236 e. The lowest BCUT2D eigenvalue weighted by Gasteiger charge is -2.21. The van der Waals surface area contributed by atoms with Crippen molar-refractivity contribution in [1.29, 1.82) is 0 Å². The van der Waals surface area contributed by atoms with E-state index in [1.807, 2.05) is 6.92 Å². The van der Waals surface area contributed by atoms with Crippen LogP contribution in [0.25, 0.3) is 0 Å². The molecule has 148 valence electrons. The van der Waals surface area contributed by atoms with Gasteiger partial charge in [0.15, 0.2) is 5.16 Å². The van der Waals surface area contributed by atoms with Crippen LogP contribution in [0.3, 0.4) is 0 Å². The lowest BCUT2D eigenvalue weighted by molar-refractivity contribution is -0.113. The number of carbonyl (C=O) groups excluding carboxylic acids is 1. The van der Waals surface area contributed by atoms with Gasteiger partial charge in [-0.05, 0) is 25.7 Å². The van der Waals surface area contributed by atoms with Crippen molar-refractivity contribution in [3.63, 3.8) is 0 Å². The minimum atomic E-state index is -0.0896. The first-order valence-corrected chi connectivity index (χ1v) is 11.7. The molecule has 27 heavy (non-hydrogen) atoms. The molecule has 0 spiro atoms. The smallest absolute Gasteiger partial charge is 0.236 e. The summed E-state index contributed by atoms with van der Waals surface area (Å²) in [4.78, 5) is 12.2. The maximum absolute atomic E-state index is 12.2. The van der Waals surface area contributed by atoms with Gasteiger partial charge in [0.25, 0.3) is 0 Å². The Balaban J connectivity index is 1.50. The number of carbonyl (C=O) groups is 1. The number of anilines is 1. The summed E-state index contributed by atoms with van der Waals surface area (Å²) in [6.45, 7) is 4.95. The highest BCUT2D eigenvalue weighted by Gasteiger charge is 2.17. The zero-order chi connectivity index (χ0) is 19.1. The highest BCUT2D eigenvalue weighted by Crippen LogP contribution is 2.28. The Hall–Kier alpha value is -1.48. The molecule has 1 aliphatic carbocycles. The van der Waals surface area contributed by atoms with E-state index in [9.17, 15) is 4.79 Å². The molecule has 2 heterocycles. The number of nitrogens with one attached hydrogen (secondary N) is 1. The Morgan fingerprint density at radius 2 is 2.00 bits per heavy atom. The summed E-state index contributed by atoms with van der Waals surface area (Å²) < 4.78 is 2.14. The van der Waals surface area contributed by atoms with Crippen LogP contribution in [0.2, 0.25) is 0 Å². The maximum atomic E-state index is 12.2. The summed E-state index contributed by atoms with van der Waals surface area (Å²) in [5, 5.41) is 21.8. The Bertz CT molecular complexity index is 738. The Morgan fingerprint density at radius 1 is 1.19 bits per heavy atom. The van der Waals surface area contributed by atoms with E-state index in [-0.39, 0.29) is 5.91 Å². The van der Waals surface area contributed by atoms with Crippen molar-refractivity contribution >= 4 is 34.1 Å². The number of thioether (sulfide) groups is 1. The SMILES string of the molecule is CCc1nnc(NC(=O)CSc2nnc(CCC3CCCCC3)n2CC)s1. The third kappa shape index (κ3) is 5.75. The summed E-state index contributed by atoms with van der Waals surface area (Å²) in [5.41, 5.74) is 0. The molecular weight excluding hydrogens is 380 g/mol. The van der Waals surface area contributed by atoms with Gasteiger partial charge in [0.05, 0.1) is 5.75 Å². The van der Waals surface area contributed by atoms with Crippen molar-refractivity contribution < 1.29 is 4.79 Å². The van der Waals surface area contributed by atoms with Crippen LogP contribution < -0.4 is 5.32 Å². The number of amides is 1. The fraction of sp³-hybridized carbons (Fsp3) is 0.722. The minimum Gasteiger partial charge on any atom is -0.306 e. The minimum absolute atomic E-state index is 0.0896. The summed E-state index contributed by atoms with van der Waals surface area (Å²) in [6, 6.07) is 0. The Morgan fingerprint density at radius 3 is 2.70 bits per heavy atom. The number of hydrogen-bond donors (Lipinski definition) is 1. The summed E-state index contributed by atoms with van der Waals surface area (Å²) in [7, 11) is 0. The van der Waals surface area contributed by atoms with Crippen LogP contribution in [0.4, 0.5) is 5.13 Å². The second-order valence-corrected chi connectivity index (χ2v) is 8.88. The van der Waals surface area contributed by atoms with Crippen molar-refractivity contribution in [2.75, 3.05) is 11.1 Å². The number of aryl methyl sites for hydroxylation is 2. The second-order valence-electron chi connectivity index (χ2n) is 6.88. The number of rotatable bonds is 9. The molecule has 1 aliphatic rings. The molecule has 0 saturated heterocycles. The molecule has 9 heteroatoms. The van der Waals surface area contributed by atoms with E-state index in [4.69, 9.17) is 0 Å². The molecule has 0 unspecified atom stereocenters. The van der Waals surface area contributed by atoms with Gasteiger partial charge in [-0.25, -0.2) is 0 Å². The van der Waals surface area contributed by atoms with Crippen molar-refractivity contribution in [2.45, 2.75) is 76.9 Å². The molecule has 2 aromatic heterocycles. The molecule has 1 fully saturated rings. The number of nitrogens with zero attached hydrogens (tertiary/aromatic N) is 5. The number of aromatic nitrogens is 5. The highest BCUT2D eigenvalue weighted by atomic mass is 32.2. The summed E-state index contributed by atoms with van der Waals surface area (Å²) in [5.74, 6) is 2.08. The Kier molecular flexibility index (Phi) is 7.63. The molecular formula is C18H28N6OS2. The van der Waals surface area contributed by atoms with Crippen molar-refractivity contribution in [1.82, 2.24) is 25.0 Å². The van der Waals surface area contributed by atoms with Gasteiger partial charge >= 0.3 is 0 Å². The molecule has 1 N–H and O–H groups in total. The molecule has 1 amide bonds. The molecule has 0 aromatic carbocycles. The predicted octanol–water partition coefficient (Wildman–Crippen LogP) is 3.96. The van der Waals surface area contributed by atoms with E-state index >= 15 is 0 Å². The van der Waals surface area contributed by atoms with Crippen molar-refractivity contribution in [3.05, 3.63) is 10.8 Å². The van der Waals surface area contributed by atoms with Gasteiger partial charge in [-0.1, -0.05) is 62.1 Å². The molecule has 3 rings (SSSR count). The largest absolute Gasteiger partial charge is 0.306 e. The predicted molar refractivity (Wildman–Crippen MR) is 109 cm³/mol. The zero-order valence-electron chi connectivity index (χ0n) is 16.1. The van der Waals surface area contributed by atoms with E-state index in [0.29, 0.717) is 10.9 Å². The van der Waals surface area contributed by atoms with Gasteiger partial charge < -0.3 is 4.57 Å². The molecule has 2 aromatic rings. The third-order valence-electron chi connectivity index (χ3n) is 4.96. The van der Waals surface area contributed by atoms with Crippen LogP contribution in [-0.4, -0.2) is 36.6 Å². The topological polar surface area (TPSA) is 85.6 Å². The fourth-order valence-electron chi connectivity index (χ4n) is 3.47. The van der Waals surface area contributed by atoms with Crippen LogP contribution in [0.1, 0.15) is 63.2 Å². The molecule has 0 bridgehead atoms. The van der Waals surface area contributed by atoms with E-state index in [1.54, 1.807) is 0 Å². The fourth-order valence-corrected chi connectivity index (χ4v) is 4.99. The van der Waals surface area contributed by atoms with Gasteiger partial charge in [-0.3, -0.25) is 10.1 Å². The summed E-state index contributed by atoms with van der Waals surface area (Å²) >= 11 is 2.85. The van der Waals surface area contributed by atoms with E-state index in [2.05, 4.69) is 37.2 Å². The monoisotopic (exact) mass is 408 g/mol. The first-order valence-electron chi connectivity index (χ1n) is 9.86. The van der Waals surface area contributed by atoms with E-state index < -0.39 is 0 Å². The van der Waals surface area contributed by atoms with Crippen LogP contribution in [-0.2, 0) is 24.2 Å². The molecule has 0 radical (unpaired) electrons. The molecule has 1 saturated carbocycles. The Labute approximate surface area is 168 Å². The van der Waals surface area contributed by atoms with E-state index in [1.165, 1.54) is 61.6 Å².